The second-order valence-electron chi connectivity index (χ2n) is 8.80. The van der Waals surface area contributed by atoms with Crippen LogP contribution in [0.3, 0.4) is 0 Å². The molecule has 0 unspecified atom stereocenters. The molecule has 1 saturated heterocycles. The van der Waals surface area contributed by atoms with E-state index in [1.165, 1.54) is 23.4 Å². The van der Waals surface area contributed by atoms with Crippen LogP contribution in [0.4, 0.5) is 14.9 Å². The monoisotopic (exact) mass is 407 g/mol. The number of urea groups is 1. The highest BCUT2D eigenvalue weighted by molar-refractivity contribution is 6.13. The third kappa shape index (κ3) is 3.58. The number of fused-ring (bicyclic) bond motifs is 1. The lowest BCUT2D eigenvalue weighted by Gasteiger charge is -2.45. The molecule has 2 aromatic carbocycles. The van der Waals surface area contributed by atoms with Gasteiger partial charge in [0.2, 0.25) is 0 Å². The number of imide groups is 1. The minimum atomic E-state index is -0.469. The van der Waals surface area contributed by atoms with E-state index in [9.17, 15) is 14.0 Å². The zero-order valence-corrected chi connectivity index (χ0v) is 17.7. The van der Waals surface area contributed by atoms with E-state index in [2.05, 4.69) is 50.2 Å². The molecule has 0 bridgehead atoms. The summed E-state index contributed by atoms with van der Waals surface area (Å²) < 4.78 is 13.1. The summed E-state index contributed by atoms with van der Waals surface area (Å²) in [6.07, 6.45) is 2.76. The molecule has 1 N–H and O–H groups in total. The summed E-state index contributed by atoms with van der Waals surface area (Å²) in [4.78, 5) is 28.5. The molecule has 2 heterocycles. The van der Waals surface area contributed by atoms with Gasteiger partial charge in [-0.1, -0.05) is 25.1 Å². The molecule has 2 aliphatic heterocycles. The predicted octanol–water partition coefficient (Wildman–Crippen LogP) is 4.64. The molecule has 1 fully saturated rings. The third-order valence-electron chi connectivity index (χ3n) is 6.18. The van der Waals surface area contributed by atoms with Crippen molar-refractivity contribution in [3.63, 3.8) is 0 Å². The van der Waals surface area contributed by atoms with E-state index in [-0.39, 0.29) is 29.5 Å². The average molecular weight is 407 g/mol. The lowest BCUT2D eigenvalue weighted by Crippen LogP contribution is -2.45. The molecule has 0 aromatic heterocycles. The van der Waals surface area contributed by atoms with Crippen LogP contribution in [0.5, 0.6) is 0 Å². The fourth-order valence-corrected chi connectivity index (χ4v) is 4.34. The predicted molar refractivity (Wildman–Crippen MR) is 115 cm³/mol. The molecular weight excluding hydrogens is 381 g/mol. The number of amides is 3. The maximum absolute atomic E-state index is 13.1. The molecule has 4 rings (SSSR count). The zero-order chi connectivity index (χ0) is 21.6. The molecule has 156 valence electrons. The van der Waals surface area contributed by atoms with E-state index >= 15 is 0 Å². The second kappa shape index (κ2) is 7.27. The maximum Gasteiger partial charge on any atom is 0.329 e. The van der Waals surface area contributed by atoms with Gasteiger partial charge in [0, 0.05) is 18.3 Å². The molecule has 0 aliphatic carbocycles. The van der Waals surface area contributed by atoms with Crippen molar-refractivity contribution in [3.8, 4) is 0 Å². The van der Waals surface area contributed by atoms with Crippen LogP contribution in [0.2, 0.25) is 0 Å². The molecule has 30 heavy (non-hydrogen) atoms. The topological polar surface area (TPSA) is 52.7 Å². The highest BCUT2D eigenvalue weighted by Gasteiger charge is 2.35. The van der Waals surface area contributed by atoms with Crippen molar-refractivity contribution in [2.45, 2.75) is 45.2 Å². The van der Waals surface area contributed by atoms with Crippen molar-refractivity contribution in [1.29, 1.82) is 0 Å². The Bertz CT molecular complexity index is 1040. The number of halogens is 1. The first kappa shape index (κ1) is 20.1. The minimum Gasteiger partial charge on any atom is -0.369 e. The van der Waals surface area contributed by atoms with Gasteiger partial charge in [-0.15, -0.1) is 0 Å². The van der Waals surface area contributed by atoms with E-state index in [4.69, 9.17) is 0 Å². The fraction of sp³-hybridized carbons (Fsp3) is 0.333. The number of hydrogen-bond donors (Lipinski definition) is 1. The Balaban J connectivity index is 1.58. The minimum absolute atomic E-state index is 0.0860. The maximum atomic E-state index is 13.1. The van der Waals surface area contributed by atoms with E-state index in [0.717, 1.165) is 16.9 Å². The van der Waals surface area contributed by atoms with Crippen molar-refractivity contribution >= 4 is 23.7 Å². The van der Waals surface area contributed by atoms with Crippen molar-refractivity contribution in [1.82, 2.24) is 10.2 Å². The molecule has 0 saturated carbocycles. The number of carbonyl (C=O) groups is 2. The molecule has 3 amide bonds. The number of hydrogen-bond acceptors (Lipinski definition) is 3. The Labute approximate surface area is 176 Å². The zero-order valence-electron chi connectivity index (χ0n) is 17.7. The Morgan fingerprint density at radius 2 is 1.87 bits per heavy atom. The van der Waals surface area contributed by atoms with Crippen molar-refractivity contribution < 1.29 is 14.0 Å². The first-order chi connectivity index (χ1) is 14.2. The van der Waals surface area contributed by atoms with Crippen LogP contribution in [0.25, 0.3) is 6.08 Å². The quantitative estimate of drug-likeness (QED) is 0.596. The standard InChI is InChI=1S/C24H26FN3O2/c1-15-13-24(2,3)27(4)21-10-7-17(11-19(15)21)12-20-22(29)28(23(30)26-20)14-16-5-8-18(25)9-6-16/h5-12,15H,13-14H2,1-4H3,(H,26,30)/b20-12-/t15-/m0/s1. The molecule has 1 atom stereocenters. The van der Waals surface area contributed by atoms with Gasteiger partial charge in [-0.25, -0.2) is 9.18 Å². The summed E-state index contributed by atoms with van der Waals surface area (Å²) in [5.41, 5.74) is 4.34. The van der Waals surface area contributed by atoms with Crippen LogP contribution in [-0.2, 0) is 11.3 Å². The van der Waals surface area contributed by atoms with Gasteiger partial charge >= 0.3 is 6.03 Å². The third-order valence-corrected chi connectivity index (χ3v) is 6.18. The highest BCUT2D eigenvalue weighted by atomic mass is 19.1. The van der Waals surface area contributed by atoms with Gasteiger partial charge in [0.25, 0.3) is 5.91 Å². The summed E-state index contributed by atoms with van der Waals surface area (Å²) in [6, 6.07) is 11.5. The SMILES string of the molecule is C[C@H]1CC(C)(C)N(C)c2ccc(/C=C3\NC(=O)N(Cc4ccc(F)cc4)C3=O)cc21. The largest absolute Gasteiger partial charge is 0.369 e. The van der Waals surface area contributed by atoms with E-state index < -0.39 is 6.03 Å². The fourth-order valence-electron chi connectivity index (χ4n) is 4.34. The normalized spacial score (nSPS) is 21.8. The lowest BCUT2D eigenvalue weighted by atomic mass is 9.80. The Morgan fingerprint density at radius 1 is 1.17 bits per heavy atom. The Morgan fingerprint density at radius 3 is 2.57 bits per heavy atom. The summed E-state index contributed by atoms with van der Waals surface area (Å²) in [5.74, 6) is -0.339. The molecular formula is C24H26FN3O2. The van der Waals surface area contributed by atoms with Gasteiger partial charge in [-0.3, -0.25) is 9.69 Å². The average Bonchev–Trinajstić information content (AvgIpc) is 2.95. The summed E-state index contributed by atoms with van der Waals surface area (Å²) >= 11 is 0. The van der Waals surface area contributed by atoms with Gasteiger partial charge in [-0.2, -0.15) is 0 Å². The highest BCUT2D eigenvalue weighted by Crippen LogP contribution is 2.42. The lowest BCUT2D eigenvalue weighted by molar-refractivity contribution is -0.123. The molecule has 0 spiro atoms. The summed E-state index contributed by atoms with van der Waals surface area (Å²) in [7, 11) is 2.11. The van der Waals surface area contributed by atoms with Crippen molar-refractivity contribution in [2.24, 2.45) is 0 Å². The number of nitrogens with one attached hydrogen (secondary N) is 1. The smallest absolute Gasteiger partial charge is 0.329 e. The Hall–Kier alpha value is -3.15. The van der Waals surface area contributed by atoms with Gasteiger partial charge in [0.05, 0.1) is 6.54 Å². The van der Waals surface area contributed by atoms with Gasteiger partial charge < -0.3 is 10.2 Å². The number of nitrogens with zero attached hydrogens (tertiary/aromatic N) is 2. The first-order valence-corrected chi connectivity index (χ1v) is 10.1. The van der Waals surface area contributed by atoms with Crippen molar-refractivity contribution in [3.05, 3.63) is 70.7 Å². The summed E-state index contributed by atoms with van der Waals surface area (Å²) in [6.45, 7) is 6.80. The van der Waals surface area contributed by atoms with Crippen molar-refractivity contribution in [2.75, 3.05) is 11.9 Å². The van der Waals surface area contributed by atoms with Crippen LogP contribution < -0.4 is 10.2 Å². The first-order valence-electron chi connectivity index (χ1n) is 10.1. The Kier molecular flexibility index (Phi) is 4.88. The number of benzene rings is 2. The van der Waals surface area contributed by atoms with E-state index in [0.29, 0.717) is 11.5 Å². The second-order valence-corrected chi connectivity index (χ2v) is 8.80. The molecule has 6 heteroatoms. The number of carbonyl (C=O) groups excluding carboxylic acids is 2. The summed E-state index contributed by atoms with van der Waals surface area (Å²) in [5, 5.41) is 2.66. The number of rotatable bonds is 3. The van der Waals surface area contributed by atoms with Gasteiger partial charge in [-0.05, 0) is 73.2 Å². The van der Waals surface area contributed by atoms with Crippen LogP contribution in [0.15, 0.2) is 48.2 Å². The van der Waals surface area contributed by atoms with Gasteiger partial charge in [0.1, 0.15) is 11.5 Å². The van der Waals surface area contributed by atoms with Crippen LogP contribution in [-0.4, -0.2) is 29.4 Å². The van der Waals surface area contributed by atoms with Crippen LogP contribution in [0.1, 0.15) is 49.8 Å². The molecule has 2 aromatic rings. The molecule has 5 nitrogen and oxygen atoms in total. The van der Waals surface area contributed by atoms with Crippen LogP contribution in [0, 0.1) is 5.82 Å². The van der Waals surface area contributed by atoms with Crippen LogP contribution >= 0.6 is 0 Å². The van der Waals surface area contributed by atoms with E-state index in [1.807, 2.05) is 6.07 Å². The van der Waals surface area contributed by atoms with Gasteiger partial charge in [0.15, 0.2) is 0 Å². The number of anilines is 1. The molecule has 2 aliphatic rings. The molecule has 0 radical (unpaired) electrons. The van der Waals surface area contributed by atoms with E-state index in [1.54, 1.807) is 18.2 Å².